The largest absolute Gasteiger partial charge is 0.385 e. The normalized spacial score (nSPS) is 14.5. The second-order valence-corrected chi connectivity index (χ2v) is 15.3. The predicted octanol–water partition coefficient (Wildman–Crippen LogP) is 3.00. The number of nitrogens with two attached hydrogens (primary N) is 1. The number of hydrogen-bond donors (Lipinski definition) is 7. The van der Waals surface area contributed by atoms with Crippen LogP contribution in [-0.2, 0) is 29.8 Å². The Bertz CT molecular complexity index is 2040. The van der Waals surface area contributed by atoms with Crippen LogP contribution in [0.4, 0.5) is 17.3 Å². The number of carbonyl (C=O) groups is 2. The second-order valence-electron chi connectivity index (χ2n) is 12.3. The molecule has 0 spiro atoms. The third kappa shape index (κ3) is 11.4. The lowest BCUT2D eigenvalue weighted by Gasteiger charge is -2.15. The van der Waals surface area contributed by atoms with Gasteiger partial charge in [-0.15, -0.1) is 0 Å². The van der Waals surface area contributed by atoms with Crippen LogP contribution in [0.25, 0.3) is 11.0 Å². The van der Waals surface area contributed by atoms with Gasteiger partial charge in [0.15, 0.2) is 0 Å². The summed E-state index contributed by atoms with van der Waals surface area (Å²) in [5.41, 5.74) is 8.16. The van der Waals surface area contributed by atoms with Gasteiger partial charge in [0, 0.05) is 75.6 Å². The highest BCUT2D eigenvalue weighted by Gasteiger charge is 2.30. The number of anilines is 3. The second kappa shape index (κ2) is 17.6. The van der Waals surface area contributed by atoms with Crippen molar-refractivity contribution in [2.24, 2.45) is 11.7 Å². The molecule has 2 fully saturated rings. The Kier molecular flexibility index (Phi) is 13.1. The average Bonchev–Trinajstić information content (AvgIpc) is 3.78. The van der Waals surface area contributed by atoms with Gasteiger partial charge in [0.1, 0.15) is 10.6 Å². The molecule has 2 heterocycles. The van der Waals surface area contributed by atoms with Crippen molar-refractivity contribution in [1.82, 2.24) is 20.2 Å². The molecule has 1 saturated carbocycles. The average molecular weight is 757 g/mol. The van der Waals surface area contributed by atoms with E-state index in [0.717, 1.165) is 63.2 Å². The fourth-order valence-corrected chi connectivity index (χ4v) is 6.69. The molecular formula is C34H44N8O8S2. The number of hydrogen-bond acceptors (Lipinski definition) is 12. The Morgan fingerprint density at radius 2 is 1.60 bits per heavy atom. The molecule has 1 aliphatic carbocycles. The summed E-state index contributed by atoms with van der Waals surface area (Å²) in [5.74, 6) is 0.699. The van der Waals surface area contributed by atoms with Crippen molar-refractivity contribution in [1.29, 1.82) is 0 Å². The zero-order valence-corrected chi connectivity index (χ0v) is 30.1. The highest BCUT2D eigenvalue weighted by molar-refractivity contribution is 7.87. The quantitative estimate of drug-likeness (QED) is 0.0467. The molecule has 4 aromatic rings. The van der Waals surface area contributed by atoms with Crippen molar-refractivity contribution >= 4 is 60.4 Å². The van der Waals surface area contributed by atoms with Crippen LogP contribution in [0.15, 0.2) is 76.5 Å². The van der Waals surface area contributed by atoms with Crippen LogP contribution in [-0.4, -0.2) is 93.9 Å². The smallest absolute Gasteiger partial charge is 0.339 e. The molecule has 1 saturated heterocycles. The van der Waals surface area contributed by atoms with Crippen molar-refractivity contribution in [2.75, 3.05) is 61.8 Å². The van der Waals surface area contributed by atoms with Crippen molar-refractivity contribution in [2.45, 2.75) is 41.9 Å². The number of fused-ring (bicyclic) bond motifs is 1. The van der Waals surface area contributed by atoms with Crippen LogP contribution < -0.4 is 31.2 Å². The van der Waals surface area contributed by atoms with Crippen molar-refractivity contribution in [3.8, 4) is 5.75 Å². The summed E-state index contributed by atoms with van der Waals surface area (Å²) in [6, 6.07) is 17.0. The first kappa shape index (κ1) is 38.5. The van der Waals surface area contributed by atoms with E-state index in [1.165, 1.54) is 36.4 Å². The summed E-state index contributed by atoms with van der Waals surface area (Å²) >= 11 is 0. The Hall–Kier alpha value is -4.75. The molecule has 16 nitrogen and oxygen atoms in total. The van der Waals surface area contributed by atoms with Gasteiger partial charge in [-0.3, -0.25) is 19.5 Å². The molecule has 0 radical (unpaired) electrons. The van der Waals surface area contributed by atoms with Crippen molar-refractivity contribution in [3.63, 3.8) is 0 Å². The maximum absolute atomic E-state index is 12.7. The summed E-state index contributed by atoms with van der Waals surface area (Å²) in [5, 5.41) is 12.3. The number of nitrogens with zero attached hydrogens (tertiary/aromatic N) is 2. The van der Waals surface area contributed by atoms with E-state index in [2.05, 4.69) is 31.2 Å². The van der Waals surface area contributed by atoms with Crippen LogP contribution in [0.1, 0.15) is 32.1 Å². The van der Waals surface area contributed by atoms with E-state index in [1.807, 2.05) is 4.90 Å². The fourth-order valence-electron chi connectivity index (χ4n) is 5.29. The van der Waals surface area contributed by atoms with E-state index in [9.17, 15) is 26.4 Å². The summed E-state index contributed by atoms with van der Waals surface area (Å²) < 4.78 is 61.2. The SMILES string of the molecule is NCCNCCNc1ccc(S(=O)(=O)Oc2ccc3nc(NC(=O)C4CC4)[nH]c3c2)cc1.O=C1CCCN1CCCNc1ccc(S(=O)(=O)O)cc1. The van der Waals surface area contributed by atoms with Gasteiger partial charge in [-0.25, -0.2) is 4.98 Å². The molecule has 1 aromatic heterocycles. The molecular weight excluding hydrogens is 713 g/mol. The number of nitrogens with one attached hydrogen (secondary N) is 5. The van der Waals surface area contributed by atoms with Gasteiger partial charge >= 0.3 is 10.1 Å². The Morgan fingerprint density at radius 3 is 2.21 bits per heavy atom. The number of benzene rings is 3. The summed E-state index contributed by atoms with van der Waals surface area (Å²) in [6.07, 6.45) is 4.23. The third-order valence-corrected chi connectivity index (χ3v) is 10.3. The number of rotatable bonds is 17. The van der Waals surface area contributed by atoms with Crippen LogP contribution >= 0.6 is 0 Å². The third-order valence-electron chi connectivity index (χ3n) is 8.20. The van der Waals surface area contributed by atoms with Gasteiger partial charge in [0.05, 0.1) is 15.9 Å². The molecule has 0 bridgehead atoms. The van der Waals surface area contributed by atoms with Gasteiger partial charge in [0.25, 0.3) is 10.1 Å². The predicted molar refractivity (Wildman–Crippen MR) is 197 cm³/mol. The summed E-state index contributed by atoms with van der Waals surface area (Å²) in [4.78, 5) is 32.4. The molecule has 2 amide bonds. The Labute approximate surface area is 302 Å². The molecule has 280 valence electrons. The van der Waals surface area contributed by atoms with E-state index in [1.54, 1.807) is 30.3 Å². The molecule has 18 heteroatoms. The standard InChI is InChI=1S/C21H26N6O4S.C13H18N2O4S/c22-9-10-23-11-12-24-15-3-6-17(7-4-15)32(29,30)31-16-5-8-18-19(13-16)26-21(25-18)27-20(28)14-1-2-14;16-13-3-1-9-15(13)10-2-8-14-11-4-6-12(7-5-11)20(17,18)19/h3-8,13-14,23-24H,1-2,9-12,22H2,(H2,25,26,27,28);4-7,14H,1-3,8-10H2,(H,17,18,19). The topological polar surface area (TPSA) is 238 Å². The minimum absolute atomic E-state index is 0.0476. The number of likely N-dealkylation sites (tertiary alicyclic amines) is 1. The molecule has 0 unspecified atom stereocenters. The lowest BCUT2D eigenvalue weighted by molar-refractivity contribution is -0.127. The number of aromatic nitrogens is 2. The number of aromatic amines is 1. The zero-order valence-electron chi connectivity index (χ0n) is 28.5. The van der Waals surface area contributed by atoms with E-state index < -0.39 is 20.2 Å². The lowest BCUT2D eigenvalue weighted by Crippen LogP contribution is -2.27. The molecule has 3 aromatic carbocycles. The first-order valence-electron chi connectivity index (χ1n) is 17.0. The minimum Gasteiger partial charge on any atom is -0.385 e. The molecule has 2 aliphatic rings. The van der Waals surface area contributed by atoms with E-state index in [0.29, 0.717) is 43.0 Å². The van der Waals surface area contributed by atoms with E-state index in [4.69, 9.17) is 14.5 Å². The van der Waals surface area contributed by atoms with Crippen LogP contribution in [0.5, 0.6) is 5.75 Å². The lowest BCUT2D eigenvalue weighted by atomic mass is 10.3. The van der Waals surface area contributed by atoms with Gasteiger partial charge in [-0.05, 0) is 86.3 Å². The first-order valence-corrected chi connectivity index (χ1v) is 19.9. The van der Waals surface area contributed by atoms with Crippen molar-refractivity contribution < 1.29 is 35.2 Å². The molecule has 6 rings (SSSR count). The Morgan fingerprint density at radius 1 is 0.923 bits per heavy atom. The minimum atomic E-state index is -4.13. The van der Waals surface area contributed by atoms with Gasteiger partial charge in [-0.2, -0.15) is 16.8 Å². The van der Waals surface area contributed by atoms with Gasteiger partial charge in [0.2, 0.25) is 17.8 Å². The summed E-state index contributed by atoms with van der Waals surface area (Å²) in [7, 11) is -8.14. The zero-order chi connectivity index (χ0) is 37.1. The maximum atomic E-state index is 12.7. The highest BCUT2D eigenvalue weighted by atomic mass is 32.2. The number of carbonyl (C=O) groups excluding carboxylic acids is 2. The molecule has 1 aliphatic heterocycles. The first-order chi connectivity index (χ1) is 24.9. The van der Waals surface area contributed by atoms with Crippen LogP contribution in [0.2, 0.25) is 0 Å². The fraction of sp³-hybridized carbons (Fsp3) is 0.382. The number of amides is 2. The van der Waals surface area contributed by atoms with Gasteiger partial charge < -0.3 is 35.8 Å². The van der Waals surface area contributed by atoms with E-state index >= 15 is 0 Å². The highest BCUT2D eigenvalue weighted by Crippen LogP contribution is 2.30. The van der Waals surface area contributed by atoms with Crippen LogP contribution in [0.3, 0.4) is 0 Å². The summed E-state index contributed by atoms with van der Waals surface area (Å²) in [6.45, 7) is 5.07. The monoisotopic (exact) mass is 756 g/mol. The van der Waals surface area contributed by atoms with E-state index in [-0.39, 0.29) is 33.3 Å². The van der Waals surface area contributed by atoms with Crippen LogP contribution in [0, 0.1) is 5.92 Å². The van der Waals surface area contributed by atoms with Crippen molar-refractivity contribution in [3.05, 3.63) is 66.7 Å². The number of H-pyrrole nitrogens is 1. The number of imidazole rings is 1. The molecule has 0 atom stereocenters. The molecule has 8 N–H and O–H groups in total. The Balaban J connectivity index is 0.000000225. The molecule has 52 heavy (non-hydrogen) atoms. The maximum Gasteiger partial charge on any atom is 0.339 e. The van der Waals surface area contributed by atoms with Gasteiger partial charge in [-0.1, -0.05) is 0 Å².